The van der Waals surface area contributed by atoms with Crippen molar-refractivity contribution in [2.45, 2.75) is 6.42 Å². The van der Waals surface area contributed by atoms with Gasteiger partial charge in [0.05, 0.1) is 16.8 Å². The summed E-state index contributed by atoms with van der Waals surface area (Å²) in [7, 11) is 0. The molecule has 0 aliphatic rings. The third-order valence-electron chi connectivity index (χ3n) is 2.86. The van der Waals surface area contributed by atoms with Crippen molar-refractivity contribution >= 4 is 40.6 Å². The number of carbonyl (C=O) groups is 2. The number of nitrogens with one attached hydrogen (secondary N) is 1. The molecule has 4 nitrogen and oxygen atoms in total. The van der Waals surface area contributed by atoms with Gasteiger partial charge < -0.3 is 5.32 Å². The van der Waals surface area contributed by atoms with Crippen LogP contribution in [0.3, 0.4) is 0 Å². The van der Waals surface area contributed by atoms with Crippen molar-refractivity contribution in [3.63, 3.8) is 0 Å². The summed E-state index contributed by atoms with van der Waals surface area (Å²) in [5.74, 6) is -0.863. The minimum Gasteiger partial charge on any atom is -0.325 e. The van der Waals surface area contributed by atoms with Crippen LogP contribution in [0.5, 0.6) is 0 Å². The van der Waals surface area contributed by atoms with E-state index >= 15 is 0 Å². The molecule has 6 heteroatoms. The Bertz CT molecular complexity index is 782. The monoisotopic (exact) mass is 332 g/mol. The number of anilines is 1. The number of hydrogen-bond donors (Lipinski definition) is 1. The van der Waals surface area contributed by atoms with Gasteiger partial charge in [-0.05, 0) is 30.3 Å². The van der Waals surface area contributed by atoms with Crippen LogP contribution in [0.1, 0.15) is 22.3 Å². The number of halogens is 2. The lowest BCUT2D eigenvalue weighted by atomic mass is 10.0. The molecule has 22 heavy (non-hydrogen) atoms. The van der Waals surface area contributed by atoms with Crippen molar-refractivity contribution in [3.05, 3.63) is 63.6 Å². The Morgan fingerprint density at radius 3 is 2.50 bits per heavy atom. The van der Waals surface area contributed by atoms with Crippen LogP contribution in [0.25, 0.3) is 0 Å². The van der Waals surface area contributed by atoms with Gasteiger partial charge in [0.2, 0.25) is 5.91 Å². The molecule has 0 spiro atoms. The fourth-order valence-electron chi connectivity index (χ4n) is 1.87. The summed E-state index contributed by atoms with van der Waals surface area (Å²) in [6, 6.07) is 12.9. The van der Waals surface area contributed by atoms with Crippen LogP contribution in [0.4, 0.5) is 5.69 Å². The molecule has 0 bridgehead atoms. The number of hydrogen-bond acceptors (Lipinski definition) is 3. The summed E-state index contributed by atoms with van der Waals surface area (Å²) in [5.41, 5.74) is 0.809. The molecular weight excluding hydrogens is 323 g/mol. The highest BCUT2D eigenvalue weighted by Gasteiger charge is 2.18. The van der Waals surface area contributed by atoms with Crippen molar-refractivity contribution < 1.29 is 9.59 Å². The second-order valence-corrected chi connectivity index (χ2v) is 5.23. The highest BCUT2D eigenvalue weighted by atomic mass is 35.5. The highest BCUT2D eigenvalue weighted by Crippen LogP contribution is 2.26. The van der Waals surface area contributed by atoms with E-state index in [0.717, 1.165) is 0 Å². The minimum absolute atomic E-state index is 0.215. The van der Waals surface area contributed by atoms with Gasteiger partial charge >= 0.3 is 0 Å². The summed E-state index contributed by atoms with van der Waals surface area (Å²) < 4.78 is 0. The highest BCUT2D eigenvalue weighted by molar-refractivity contribution is 6.36. The summed E-state index contributed by atoms with van der Waals surface area (Å²) >= 11 is 12.0. The average molecular weight is 333 g/mol. The van der Waals surface area contributed by atoms with E-state index in [-0.39, 0.29) is 23.5 Å². The Labute approximate surface area is 137 Å². The topological polar surface area (TPSA) is 70.0 Å². The molecule has 2 rings (SSSR count). The second-order valence-electron chi connectivity index (χ2n) is 4.38. The standard InChI is InChI=1S/C16H10Cl2N2O2/c17-10-5-6-14(20-15(21)7-8-19)12(9-10)16(22)11-3-1-2-4-13(11)18/h1-6,9H,7H2,(H,20,21). The maximum Gasteiger partial charge on any atom is 0.238 e. The summed E-state index contributed by atoms with van der Waals surface area (Å²) in [6.07, 6.45) is -0.303. The van der Waals surface area contributed by atoms with Crippen LogP contribution < -0.4 is 5.32 Å². The van der Waals surface area contributed by atoms with Gasteiger partial charge in [-0.15, -0.1) is 0 Å². The quantitative estimate of drug-likeness (QED) is 0.857. The lowest BCUT2D eigenvalue weighted by Gasteiger charge is -2.11. The fraction of sp³-hybridized carbons (Fsp3) is 0.0625. The molecule has 0 radical (unpaired) electrons. The van der Waals surface area contributed by atoms with Gasteiger partial charge in [0.15, 0.2) is 5.78 Å². The summed E-state index contributed by atoms with van der Waals surface area (Å²) in [5, 5.41) is 11.7. The minimum atomic E-state index is -0.502. The number of rotatable bonds is 4. The van der Waals surface area contributed by atoms with Gasteiger partial charge in [0.25, 0.3) is 0 Å². The zero-order chi connectivity index (χ0) is 16.1. The first-order chi connectivity index (χ1) is 10.5. The Kier molecular flexibility index (Phi) is 5.16. The molecule has 0 saturated carbocycles. The lowest BCUT2D eigenvalue weighted by molar-refractivity contribution is -0.115. The molecule has 2 aromatic rings. The SMILES string of the molecule is N#CCC(=O)Nc1ccc(Cl)cc1C(=O)c1ccccc1Cl. The van der Waals surface area contributed by atoms with Gasteiger partial charge in [0.1, 0.15) is 6.42 Å². The number of benzene rings is 2. The van der Waals surface area contributed by atoms with Crippen molar-refractivity contribution in [1.29, 1.82) is 5.26 Å². The van der Waals surface area contributed by atoms with E-state index in [1.807, 2.05) is 0 Å². The number of ketones is 1. The van der Waals surface area contributed by atoms with Crippen LogP contribution >= 0.6 is 23.2 Å². The molecule has 1 N–H and O–H groups in total. The Morgan fingerprint density at radius 2 is 1.82 bits per heavy atom. The van der Waals surface area contributed by atoms with Crippen molar-refractivity contribution in [2.75, 3.05) is 5.32 Å². The van der Waals surface area contributed by atoms with Crippen LogP contribution in [0, 0.1) is 11.3 Å². The predicted molar refractivity (Wildman–Crippen MR) is 85.2 cm³/mol. The molecule has 0 atom stereocenters. The summed E-state index contributed by atoms with van der Waals surface area (Å²) in [6.45, 7) is 0. The molecule has 0 aromatic heterocycles. The van der Waals surface area contributed by atoms with E-state index in [4.69, 9.17) is 28.5 Å². The first kappa shape index (κ1) is 16.0. The van der Waals surface area contributed by atoms with Crippen LogP contribution in [0.2, 0.25) is 10.0 Å². The van der Waals surface area contributed by atoms with Crippen molar-refractivity contribution in [1.82, 2.24) is 0 Å². The molecule has 1 amide bonds. The lowest BCUT2D eigenvalue weighted by Crippen LogP contribution is -2.14. The Hall–Kier alpha value is -2.35. The smallest absolute Gasteiger partial charge is 0.238 e. The average Bonchev–Trinajstić information content (AvgIpc) is 2.49. The maximum absolute atomic E-state index is 12.6. The van der Waals surface area contributed by atoms with Crippen molar-refractivity contribution in [3.8, 4) is 6.07 Å². The van der Waals surface area contributed by atoms with Crippen LogP contribution in [0.15, 0.2) is 42.5 Å². The maximum atomic E-state index is 12.6. The first-order valence-corrected chi connectivity index (χ1v) is 7.04. The predicted octanol–water partition coefficient (Wildman–Crippen LogP) is 4.08. The third-order valence-corrected chi connectivity index (χ3v) is 3.42. The van der Waals surface area contributed by atoms with Gasteiger partial charge in [-0.3, -0.25) is 9.59 Å². The van der Waals surface area contributed by atoms with Gasteiger partial charge in [-0.2, -0.15) is 5.26 Å². The molecule has 0 heterocycles. The van der Waals surface area contributed by atoms with Crippen LogP contribution in [-0.2, 0) is 4.79 Å². The van der Waals surface area contributed by atoms with Gasteiger partial charge in [0, 0.05) is 16.1 Å². The second kappa shape index (κ2) is 7.08. The normalized spacial score (nSPS) is 9.86. The van der Waals surface area contributed by atoms with E-state index in [1.165, 1.54) is 12.1 Å². The Balaban J connectivity index is 2.43. The van der Waals surface area contributed by atoms with E-state index in [2.05, 4.69) is 5.32 Å². The van der Waals surface area contributed by atoms with E-state index in [9.17, 15) is 9.59 Å². The molecule has 0 fully saturated rings. The van der Waals surface area contributed by atoms with Gasteiger partial charge in [-0.25, -0.2) is 0 Å². The number of amides is 1. The number of carbonyl (C=O) groups excluding carboxylic acids is 2. The third kappa shape index (κ3) is 3.64. The van der Waals surface area contributed by atoms with E-state index < -0.39 is 5.91 Å². The molecule has 0 unspecified atom stereocenters. The fourth-order valence-corrected chi connectivity index (χ4v) is 2.26. The molecular formula is C16H10Cl2N2O2. The van der Waals surface area contributed by atoms with E-state index in [1.54, 1.807) is 36.4 Å². The molecule has 0 aliphatic heterocycles. The number of nitriles is 1. The molecule has 2 aromatic carbocycles. The number of nitrogens with zero attached hydrogens (tertiary/aromatic N) is 1. The molecule has 0 aliphatic carbocycles. The summed E-state index contributed by atoms with van der Waals surface area (Å²) in [4.78, 5) is 24.2. The Morgan fingerprint density at radius 1 is 1.09 bits per heavy atom. The zero-order valence-corrected chi connectivity index (χ0v) is 12.8. The molecule has 110 valence electrons. The van der Waals surface area contributed by atoms with E-state index in [0.29, 0.717) is 15.6 Å². The van der Waals surface area contributed by atoms with Gasteiger partial charge in [-0.1, -0.05) is 35.3 Å². The van der Waals surface area contributed by atoms with Crippen molar-refractivity contribution in [2.24, 2.45) is 0 Å². The molecule has 0 saturated heterocycles. The largest absolute Gasteiger partial charge is 0.325 e. The zero-order valence-electron chi connectivity index (χ0n) is 11.3. The first-order valence-electron chi connectivity index (χ1n) is 6.28. The van der Waals surface area contributed by atoms with Crippen LogP contribution in [-0.4, -0.2) is 11.7 Å².